The number of thioether (sulfide) groups is 1. The summed E-state index contributed by atoms with van der Waals surface area (Å²) in [5.41, 5.74) is 0.396. The number of rotatable bonds is 6. The molecular formula is C21H22O3S. The highest BCUT2D eigenvalue weighted by Gasteiger charge is 2.41. The van der Waals surface area contributed by atoms with Gasteiger partial charge < -0.3 is 14.3 Å². The van der Waals surface area contributed by atoms with Crippen molar-refractivity contribution < 1.29 is 14.3 Å². The minimum atomic E-state index is -0.575. The molecule has 0 N–H and O–H groups in total. The molecule has 0 saturated heterocycles. The van der Waals surface area contributed by atoms with Gasteiger partial charge in [-0.15, -0.1) is 11.8 Å². The predicted octanol–water partition coefficient (Wildman–Crippen LogP) is 4.65. The molecule has 0 aliphatic heterocycles. The van der Waals surface area contributed by atoms with Crippen LogP contribution in [0.25, 0.3) is 0 Å². The molecule has 3 nitrogen and oxygen atoms in total. The van der Waals surface area contributed by atoms with Crippen LogP contribution in [0.2, 0.25) is 0 Å². The van der Waals surface area contributed by atoms with Crippen molar-refractivity contribution in [3.05, 3.63) is 66.2 Å². The minimum Gasteiger partial charge on any atom is -0.493 e. The zero-order valence-electron chi connectivity index (χ0n) is 14.5. The summed E-state index contributed by atoms with van der Waals surface area (Å²) in [6.45, 7) is 0. The molecule has 0 saturated carbocycles. The molecule has 0 radical (unpaired) electrons. The monoisotopic (exact) mass is 354 g/mol. The standard InChI is InChI=1S/C21H22O3S/c1-23-18-12-11-16(14-19(18)24-2)21(15-22)13-7-6-10-20(21)25-17-8-4-3-5-9-17/h3-6,8-12,14-15,20H,7,13H2,1-2H3/t20-,21-/m0/s1. The summed E-state index contributed by atoms with van der Waals surface area (Å²) < 4.78 is 10.8. The molecule has 2 atom stereocenters. The van der Waals surface area contributed by atoms with Gasteiger partial charge in [-0.1, -0.05) is 36.4 Å². The van der Waals surface area contributed by atoms with Crippen molar-refractivity contribution in [1.82, 2.24) is 0 Å². The van der Waals surface area contributed by atoms with Crippen LogP contribution in [0.3, 0.4) is 0 Å². The second kappa shape index (κ2) is 7.79. The summed E-state index contributed by atoms with van der Waals surface area (Å²) >= 11 is 1.72. The lowest BCUT2D eigenvalue weighted by Crippen LogP contribution is -2.40. The SMILES string of the molecule is COc1ccc([C@@]2(C=O)CCC=C[C@@H]2Sc2ccccc2)cc1OC. The van der Waals surface area contributed by atoms with Gasteiger partial charge in [0, 0.05) is 10.1 Å². The highest BCUT2D eigenvalue weighted by Crippen LogP contribution is 2.45. The Hall–Kier alpha value is -2.20. The van der Waals surface area contributed by atoms with E-state index in [0.29, 0.717) is 11.5 Å². The van der Waals surface area contributed by atoms with Gasteiger partial charge in [-0.05, 0) is 42.7 Å². The average Bonchev–Trinajstić information content (AvgIpc) is 2.68. The fourth-order valence-electron chi connectivity index (χ4n) is 3.27. The predicted molar refractivity (Wildman–Crippen MR) is 102 cm³/mol. The van der Waals surface area contributed by atoms with Crippen LogP contribution in [-0.2, 0) is 10.2 Å². The molecule has 0 bridgehead atoms. The number of hydrogen-bond acceptors (Lipinski definition) is 4. The second-order valence-corrected chi connectivity index (χ2v) is 7.26. The quantitative estimate of drug-likeness (QED) is 0.559. The molecule has 0 heterocycles. The van der Waals surface area contributed by atoms with Gasteiger partial charge >= 0.3 is 0 Å². The second-order valence-electron chi connectivity index (χ2n) is 6.05. The van der Waals surface area contributed by atoms with Crippen molar-refractivity contribution >= 4 is 18.0 Å². The third-order valence-electron chi connectivity index (χ3n) is 4.68. The van der Waals surface area contributed by atoms with Gasteiger partial charge in [-0.2, -0.15) is 0 Å². The van der Waals surface area contributed by atoms with Crippen molar-refractivity contribution in [2.24, 2.45) is 0 Å². The Morgan fingerprint density at radius 2 is 1.84 bits per heavy atom. The Morgan fingerprint density at radius 3 is 2.52 bits per heavy atom. The maximum absolute atomic E-state index is 12.3. The first-order valence-corrected chi connectivity index (χ1v) is 9.18. The highest BCUT2D eigenvalue weighted by atomic mass is 32.2. The van der Waals surface area contributed by atoms with Gasteiger partial charge in [0.2, 0.25) is 0 Å². The molecule has 0 fully saturated rings. The fourth-order valence-corrected chi connectivity index (χ4v) is 4.59. The highest BCUT2D eigenvalue weighted by molar-refractivity contribution is 8.00. The van der Waals surface area contributed by atoms with E-state index in [4.69, 9.17) is 9.47 Å². The van der Waals surface area contributed by atoms with Crippen LogP contribution >= 0.6 is 11.8 Å². The summed E-state index contributed by atoms with van der Waals surface area (Å²) in [7, 11) is 3.23. The van der Waals surface area contributed by atoms with Crippen LogP contribution in [0.5, 0.6) is 11.5 Å². The van der Waals surface area contributed by atoms with E-state index in [-0.39, 0.29) is 5.25 Å². The maximum atomic E-state index is 12.3. The number of aldehydes is 1. The first kappa shape index (κ1) is 17.6. The first-order chi connectivity index (χ1) is 12.2. The van der Waals surface area contributed by atoms with Crippen LogP contribution in [0.15, 0.2) is 65.6 Å². The normalized spacial score (nSPS) is 22.4. The van der Waals surface area contributed by atoms with Gasteiger partial charge in [-0.25, -0.2) is 0 Å². The van der Waals surface area contributed by atoms with E-state index in [9.17, 15) is 4.79 Å². The fraction of sp³-hybridized carbons (Fsp3) is 0.286. The number of allylic oxidation sites excluding steroid dienone is 1. The number of carbonyl (C=O) groups is 1. The largest absolute Gasteiger partial charge is 0.493 e. The van der Waals surface area contributed by atoms with E-state index >= 15 is 0 Å². The molecule has 4 heteroatoms. The number of hydrogen-bond donors (Lipinski definition) is 0. The van der Waals surface area contributed by atoms with E-state index in [1.54, 1.807) is 26.0 Å². The van der Waals surface area contributed by atoms with Crippen molar-refractivity contribution in [2.45, 2.75) is 28.4 Å². The summed E-state index contributed by atoms with van der Waals surface area (Å²) in [4.78, 5) is 13.5. The Bertz CT molecular complexity index is 757. The Balaban J connectivity index is 2.02. The van der Waals surface area contributed by atoms with Gasteiger partial charge in [0.05, 0.1) is 19.6 Å². The van der Waals surface area contributed by atoms with E-state index in [0.717, 1.165) is 29.6 Å². The van der Waals surface area contributed by atoms with Gasteiger partial charge in [-0.3, -0.25) is 0 Å². The number of methoxy groups -OCH3 is 2. The molecule has 2 aromatic carbocycles. The van der Waals surface area contributed by atoms with Crippen LogP contribution in [0, 0.1) is 0 Å². The summed E-state index contributed by atoms with van der Waals surface area (Å²) in [6, 6.07) is 16.0. The van der Waals surface area contributed by atoms with E-state index in [1.807, 2.05) is 36.4 Å². The molecule has 0 spiro atoms. The molecule has 25 heavy (non-hydrogen) atoms. The molecule has 0 amide bonds. The number of carbonyl (C=O) groups excluding carboxylic acids is 1. The van der Waals surface area contributed by atoms with Crippen molar-refractivity contribution in [3.8, 4) is 11.5 Å². The minimum absolute atomic E-state index is 0.0410. The molecule has 2 aromatic rings. The molecule has 1 aliphatic carbocycles. The van der Waals surface area contributed by atoms with E-state index in [1.165, 1.54) is 0 Å². The third-order valence-corrected chi connectivity index (χ3v) is 6.06. The maximum Gasteiger partial charge on any atom is 0.161 e. The Labute approximate surface area is 153 Å². The Kier molecular flexibility index (Phi) is 5.49. The van der Waals surface area contributed by atoms with Crippen molar-refractivity contribution in [1.29, 1.82) is 0 Å². The van der Waals surface area contributed by atoms with Crippen LogP contribution in [-0.4, -0.2) is 25.8 Å². The number of benzene rings is 2. The lowest BCUT2D eigenvalue weighted by molar-refractivity contribution is -0.112. The van der Waals surface area contributed by atoms with Gasteiger partial charge in [0.15, 0.2) is 11.5 Å². The lowest BCUT2D eigenvalue weighted by atomic mass is 9.72. The topological polar surface area (TPSA) is 35.5 Å². The van der Waals surface area contributed by atoms with Crippen LogP contribution < -0.4 is 9.47 Å². The van der Waals surface area contributed by atoms with E-state index < -0.39 is 5.41 Å². The molecule has 1 aliphatic rings. The molecule has 0 aromatic heterocycles. The zero-order chi connectivity index (χ0) is 17.7. The molecular weight excluding hydrogens is 332 g/mol. The zero-order valence-corrected chi connectivity index (χ0v) is 15.3. The average molecular weight is 354 g/mol. The summed E-state index contributed by atoms with van der Waals surface area (Å²) in [5.74, 6) is 1.32. The number of ether oxygens (including phenoxy) is 2. The first-order valence-electron chi connectivity index (χ1n) is 8.30. The van der Waals surface area contributed by atoms with Crippen LogP contribution in [0.4, 0.5) is 0 Å². The molecule has 130 valence electrons. The van der Waals surface area contributed by atoms with Crippen molar-refractivity contribution in [3.63, 3.8) is 0 Å². The van der Waals surface area contributed by atoms with Gasteiger partial charge in [0.1, 0.15) is 6.29 Å². The van der Waals surface area contributed by atoms with Crippen LogP contribution in [0.1, 0.15) is 18.4 Å². The van der Waals surface area contributed by atoms with E-state index in [2.05, 4.69) is 24.3 Å². The smallest absolute Gasteiger partial charge is 0.161 e. The van der Waals surface area contributed by atoms with Crippen molar-refractivity contribution in [2.75, 3.05) is 14.2 Å². The Morgan fingerprint density at radius 1 is 1.08 bits per heavy atom. The molecule has 3 rings (SSSR count). The summed E-state index contributed by atoms with van der Waals surface area (Å²) in [6.07, 6.45) is 7.11. The molecule has 0 unspecified atom stereocenters. The third kappa shape index (κ3) is 3.45. The van der Waals surface area contributed by atoms with Gasteiger partial charge in [0.25, 0.3) is 0 Å². The lowest BCUT2D eigenvalue weighted by Gasteiger charge is -2.37. The summed E-state index contributed by atoms with van der Waals surface area (Å²) in [5, 5.41) is 0.0410.